The van der Waals surface area contributed by atoms with Crippen molar-refractivity contribution in [1.29, 1.82) is 0 Å². The molecular weight excluding hydrogens is 767 g/mol. The molecule has 6 fully saturated rings. The van der Waals surface area contributed by atoms with Crippen molar-refractivity contribution in [2.24, 2.45) is 11.8 Å². The quantitative estimate of drug-likeness (QED) is 0.189. The Balaban J connectivity index is 0.000000139. The van der Waals surface area contributed by atoms with Crippen LogP contribution in [0.15, 0.2) is 54.6 Å². The van der Waals surface area contributed by atoms with Crippen molar-refractivity contribution < 1.29 is 34.7 Å². The highest BCUT2D eigenvalue weighted by atomic mass is 16.5. The molecule has 2 spiro atoms. The minimum atomic E-state index is -0.940. The molecule has 4 N–H and O–H groups in total. The zero-order valence-corrected chi connectivity index (χ0v) is 35.7. The van der Waals surface area contributed by atoms with E-state index in [-0.39, 0.29) is 41.5 Å². The van der Waals surface area contributed by atoms with Gasteiger partial charge in [-0.2, -0.15) is 0 Å². The number of phenols is 2. The Kier molecular flexibility index (Phi) is 8.89. The number of ether oxygens (including phenoxy) is 2. The summed E-state index contributed by atoms with van der Waals surface area (Å²) in [5.74, 6) is 3.09. The lowest BCUT2D eigenvalue weighted by atomic mass is 9.48. The van der Waals surface area contributed by atoms with Gasteiger partial charge in [-0.1, -0.05) is 55.8 Å². The smallest absolute Gasteiger partial charge is 0.174 e. The van der Waals surface area contributed by atoms with Crippen LogP contribution in [0.5, 0.6) is 23.0 Å². The van der Waals surface area contributed by atoms with Crippen LogP contribution < -0.4 is 9.47 Å². The topological polar surface area (TPSA) is 126 Å². The third-order valence-corrected chi connectivity index (χ3v) is 17.8. The van der Waals surface area contributed by atoms with Crippen molar-refractivity contribution in [1.82, 2.24) is 14.7 Å². The lowest BCUT2D eigenvalue weighted by Gasteiger charge is -2.65. The first-order chi connectivity index (χ1) is 29.6. The van der Waals surface area contributed by atoms with E-state index in [0.717, 1.165) is 119 Å². The molecule has 4 aliphatic heterocycles. The Morgan fingerprint density at radius 1 is 0.721 bits per heavy atom. The van der Waals surface area contributed by atoms with Crippen LogP contribution >= 0.6 is 0 Å². The van der Waals surface area contributed by atoms with Gasteiger partial charge in [0.25, 0.3) is 0 Å². The summed E-state index contributed by atoms with van der Waals surface area (Å²) in [5, 5.41) is 46.0. The number of unbranched alkanes of at least 4 members (excludes halogenated alkanes) is 1. The molecule has 10 aliphatic rings. The normalized spacial score (nSPS) is 37.3. The number of Topliss-reactive ketones (excluding diaryl/α,β-unsaturated/α-hetero) is 1. The first-order valence-corrected chi connectivity index (χ1v) is 23.9. The molecule has 6 aliphatic carbocycles. The number of carbonyl (C=O) groups excluding carboxylic acids is 1. The minimum Gasteiger partial charge on any atom is -0.504 e. The molecule has 61 heavy (non-hydrogen) atoms. The van der Waals surface area contributed by atoms with Crippen LogP contribution in [0.1, 0.15) is 112 Å². The lowest BCUT2D eigenvalue weighted by molar-refractivity contribution is -0.201. The van der Waals surface area contributed by atoms with Gasteiger partial charge in [0.1, 0.15) is 6.10 Å². The second kappa shape index (κ2) is 13.9. The highest BCUT2D eigenvalue weighted by Gasteiger charge is 2.75. The fourth-order valence-corrected chi connectivity index (χ4v) is 14.6. The van der Waals surface area contributed by atoms with Crippen molar-refractivity contribution >= 4 is 5.78 Å². The second-order valence-corrected chi connectivity index (χ2v) is 20.9. The first-order valence-electron chi connectivity index (χ1n) is 23.9. The number of aromatic hydroxyl groups is 2. The van der Waals surface area contributed by atoms with Gasteiger partial charge in [0, 0.05) is 55.3 Å². The average Bonchev–Trinajstić information content (AvgIpc) is 4.19. The van der Waals surface area contributed by atoms with Gasteiger partial charge in [0.05, 0.1) is 22.0 Å². The van der Waals surface area contributed by atoms with Crippen LogP contribution in [0, 0.1) is 11.8 Å². The molecule has 4 saturated carbocycles. The van der Waals surface area contributed by atoms with E-state index in [2.05, 4.69) is 58.0 Å². The number of phenolic OH excluding ortho intramolecular Hbond substituents is 2. The SMILES string of the molecule is CCCCN(Cc1ccccc1)[C@H]1CC[C@]2(O)C3Cc4ccc(O)c5c4[C@]2(CCN3CC2CC2)[C@@H]1O5.O=C1CC[C@]2(O)C3Cc4ccc(O)c5c4[C@]2(CCN3CC2CC2)[C@@H]1O5. The van der Waals surface area contributed by atoms with Crippen molar-refractivity contribution in [2.75, 3.05) is 32.7 Å². The standard InChI is InChI=1S/C31H40N2O3.C20H23NO4/c1-2-3-16-32(19-21-7-5-4-6-8-21)24-13-14-31(35)26-18-23-11-12-25(34)28-27(23)30(31,29(24)36-28)15-17-33(26)20-22-9-10-22;22-13-4-3-12-9-15-20(24)6-5-14(23)18-19(20,16(12)17(13)25-18)7-8-21(15)10-11-1-2-11/h4-8,11-12,22,24,26,29,34-35H,2-3,9-10,13-20H2,1H3;3-4,11,15,18,22,24H,1-2,5-10H2/t24-,26?,29+,30+,31-;15?,18-,19-,20+/m01/s1. The number of nitrogens with zero attached hydrogens (tertiary/aromatic N) is 3. The highest BCUT2D eigenvalue weighted by Crippen LogP contribution is 2.67. The maximum Gasteiger partial charge on any atom is 0.174 e. The zero-order chi connectivity index (χ0) is 41.5. The van der Waals surface area contributed by atoms with Gasteiger partial charge < -0.3 is 29.9 Å². The van der Waals surface area contributed by atoms with Gasteiger partial charge in [0.15, 0.2) is 34.9 Å². The number of rotatable bonds is 10. The number of hydrogen-bond donors (Lipinski definition) is 4. The van der Waals surface area contributed by atoms with E-state index in [9.17, 15) is 25.2 Å². The molecule has 4 heterocycles. The maximum absolute atomic E-state index is 12.7. The molecule has 0 radical (unpaired) electrons. The number of likely N-dealkylation sites (tertiary alicyclic amines) is 2. The summed E-state index contributed by atoms with van der Waals surface area (Å²) in [6, 6.07) is 18.7. The summed E-state index contributed by atoms with van der Waals surface area (Å²) in [6.07, 6.45) is 12.7. The van der Waals surface area contributed by atoms with E-state index in [1.54, 1.807) is 6.07 Å². The van der Waals surface area contributed by atoms with Crippen molar-refractivity contribution in [2.45, 2.75) is 156 Å². The highest BCUT2D eigenvalue weighted by molar-refractivity contribution is 5.90. The summed E-state index contributed by atoms with van der Waals surface area (Å²) >= 11 is 0. The molecule has 13 rings (SSSR count). The number of aliphatic hydroxyl groups is 2. The van der Waals surface area contributed by atoms with Gasteiger partial charge in [-0.3, -0.25) is 19.5 Å². The molecule has 4 bridgehead atoms. The number of piperidine rings is 2. The summed E-state index contributed by atoms with van der Waals surface area (Å²) in [4.78, 5) is 20.4. The molecule has 2 saturated heterocycles. The second-order valence-electron chi connectivity index (χ2n) is 20.9. The molecule has 2 unspecified atom stereocenters. The van der Waals surface area contributed by atoms with Crippen LogP contribution in [0.4, 0.5) is 0 Å². The van der Waals surface area contributed by atoms with Gasteiger partial charge in [-0.25, -0.2) is 0 Å². The molecule has 3 aromatic carbocycles. The van der Waals surface area contributed by atoms with E-state index < -0.39 is 28.1 Å². The Morgan fingerprint density at radius 3 is 1.93 bits per heavy atom. The minimum absolute atomic E-state index is 0.0454. The van der Waals surface area contributed by atoms with Crippen molar-refractivity contribution in [3.63, 3.8) is 0 Å². The molecule has 324 valence electrons. The monoisotopic (exact) mass is 829 g/mol. The fraction of sp³-hybridized carbons (Fsp3) is 0.627. The van der Waals surface area contributed by atoms with Gasteiger partial charge >= 0.3 is 0 Å². The zero-order valence-electron chi connectivity index (χ0n) is 35.7. The van der Waals surface area contributed by atoms with Crippen LogP contribution in [0.25, 0.3) is 0 Å². The van der Waals surface area contributed by atoms with E-state index in [1.807, 2.05) is 12.1 Å². The number of carbonyl (C=O) groups is 1. The molecule has 3 aromatic rings. The molecule has 0 aromatic heterocycles. The van der Waals surface area contributed by atoms with Crippen molar-refractivity contribution in [3.05, 3.63) is 82.4 Å². The van der Waals surface area contributed by atoms with Gasteiger partial charge in [-0.05, 0) is 137 Å². The first kappa shape index (κ1) is 39.0. The number of hydrogen-bond acceptors (Lipinski definition) is 10. The summed E-state index contributed by atoms with van der Waals surface area (Å²) in [6.45, 7) is 8.26. The Morgan fingerprint density at radius 2 is 1.31 bits per heavy atom. The van der Waals surface area contributed by atoms with Crippen LogP contribution in [0.2, 0.25) is 0 Å². The number of ketones is 1. The molecule has 9 atom stereocenters. The summed E-state index contributed by atoms with van der Waals surface area (Å²) in [7, 11) is 0. The number of benzene rings is 3. The predicted molar refractivity (Wildman–Crippen MR) is 230 cm³/mol. The fourth-order valence-electron chi connectivity index (χ4n) is 14.6. The summed E-state index contributed by atoms with van der Waals surface area (Å²) < 4.78 is 12.9. The third kappa shape index (κ3) is 5.47. The Hall–Kier alpha value is -3.67. The van der Waals surface area contributed by atoms with Gasteiger partial charge in [-0.15, -0.1) is 0 Å². The molecule has 0 amide bonds. The van der Waals surface area contributed by atoms with E-state index in [4.69, 9.17) is 9.47 Å². The molecule has 10 heteroatoms. The Bertz CT molecular complexity index is 2250. The van der Waals surface area contributed by atoms with Gasteiger partial charge in [0.2, 0.25) is 0 Å². The third-order valence-electron chi connectivity index (χ3n) is 17.8. The van der Waals surface area contributed by atoms with Crippen LogP contribution in [0.3, 0.4) is 0 Å². The molecule has 10 nitrogen and oxygen atoms in total. The van der Waals surface area contributed by atoms with Crippen LogP contribution in [-0.2, 0) is 35.0 Å². The average molecular weight is 830 g/mol. The Labute approximate surface area is 359 Å². The lowest BCUT2D eigenvalue weighted by Crippen LogP contribution is -2.78. The van der Waals surface area contributed by atoms with Crippen LogP contribution in [-0.4, -0.2) is 115 Å². The summed E-state index contributed by atoms with van der Waals surface area (Å²) in [5.41, 5.74) is 2.95. The van der Waals surface area contributed by atoms with E-state index >= 15 is 0 Å². The molecular formula is C51H63N3O7. The predicted octanol–water partition coefficient (Wildman–Crippen LogP) is 6.15. The largest absolute Gasteiger partial charge is 0.504 e. The maximum atomic E-state index is 12.7. The van der Waals surface area contributed by atoms with E-state index in [1.165, 1.54) is 36.8 Å². The van der Waals surface area contributed by atoms with E-state index in [0.29, 0.717) is 24.3 Å². The van der Waals surface area contributed by atoms with Crippen molar-refractivity contribution in [3.8, 4) is 23.0 Å².